The average molecular weight is 302 g/mol. The predicted molar refractivity (Wildman–Crippen MR) is 83.6 cm³/mol. The molecule has 2 N–H and O–H groups in total. The minimum absolute atomic E-state index is 0.200. The van der Waals surface area contributed by atoms with Crippen molar-refractivity contribution in [2.75, 3.05) is 11.9 Å². The Bertz CT molecular complexity index is 616. The van der Waals surface area contributed by atoms with Crippen molar-refractivity contribution in [3.63, 3.8) is 0 Å². The summed E-state index contributed by atoms with van der Waals surface area (Å²) in [5, 5.41) is 5.58. The molecule has 1 aromatic heterocycles. The van der Waals surface area contributed by atoms with E-state index in [0.717, 1.165) is 19.3 Å². The largest absolute Gasteiger partial charge is 0.352 e. The van der Waals surface area contributed by atoms with Crippen LogP contribution < -0.4 is 10.6 Å². The van der Waals surface area contributed by atoms with Gasteiger partial charge in [0.2, 0.25) is 5.95 Å². The second kappa shape index (κ2) is 8.07. The van der Waals surface area contributed by atoms with Crippen LogP contribution in [0.1, 0.15) is 36.5 Å². The monoisotopic (exact) mass is 302 g/mol. The SMILES string of the molecule is CCCCCNC(=O)c1cnc(Nc2ccccc2F)nc1. The summed E-state index contributed by atoms with van der Waals surface area (Å²) in [5.74, 6) is -0.343. The number of para-hydroxylation sites is 1. The lowest BCUT2D eigenvalue weighted by molar-refractivity contribution is 0.0952. The number of aromatic nitrogens is 2. The van der Waals surface area contributed by atoms with Crippen molar-refractivity contribution in [3.05, 3.63) is 48.0 Å². The van der Waals surface area contributed by atoms with Crippen molar-refractivity contribution >= 4 is 17.5 Å². The van der Waals surface area contributed by atoms with Crippen LogP contribution in [-0.2, 0) is 0 Å². The second-order valence-corrected chi connectivity index (χ2v) is 4.86. The van der Waals surface area contributed by atoms with E-state index in [4.69, 9.17) is 0 Å². The molecule has 0 unspecified atom stereocenters. The molecule has 1 heterocycles. The fourth-order valence-corrected chi connectivity index (χ4v) is 1.87. The summed E-state index contributed by atoms with van der Waals surface area (Å²) in [4.78, 5) is 19.9. The maximum absolute atomic E-state index is 13.5. The molecule has 0 bridgehead atoms. The third kappa shape index (κ3) is 4.51. The maximum atomic E-state index is 13.5. The highest BCUT2D eigenvalue weighted by molar-refractivity contribution is 5.93. The lowest BCUT2D eigenvalue weighted by Gasteiger charge is -2.07. The van der Waals surface area contributed by atoms with Gasteiger partial charge in [-0.25, -0.2) is 14.4 Å². The van der Waals surface area contributed by atoms with E-state index in [2.05, 4.69) is 27.5 Å². The first-order chi connectivity index (χ1) is 10.7. The number of nitrogens with zero attached hydrogens (tertiary/aromatic N) is 2. The lowest BCUT2D eigenvalue weighted by Crippen LogP contribution is -2.24. The van der Waals surface area contributed by atoms with Gasteiger partial charge in [-0.15, -0.1) is 0 Å². The maximum Gasteiger partial charge on any atom is 0.254 e. The molecule has 0 saturated carbocycles. The highest BCUT2D eigenvalue weighted by atomic mass is 19.1. The Morgan fingerprint density at radius 1 is 1.18 bits per heavy atom. The fourth-order valence-electron chi connectivity index (χ4n) is 1.87. The van der Waals surface area contributed by atoms with Gasteiger partial charge in [0.15, 0.2) is 0 Å². The molecular weight excluding hydrogens is 283 g/mol. The van der Waals surface area contributed by atoms with Crippen LogP contribution in [0.4, 0.5) is 16.0 Å². The number of carbonyl (C=O) groups excluding carboxylic acids is 1. The summed E-state index contributed by atoms with van der Waals surface area (Å²) in [6, 6.07) is 6.25. The molecule has 22 heavy (non-hydrogen) atoms. The van der Waals surface area contributed by atoms with Crippen molar-refractivity contribution in [3.8, 4) is 0 Å². The summed E-state index contributed by atoms with van der Waals surface area (Å²) in [6.07, 6.45) is 5.99. The second-order valence-electron chi connectivity index (χ2n) is 4.86. The summed E-state index contributed by atoms with van der Waals surface area (Å²) >= 11 is 0. The van der Waals surface area contributed by atoms with Crippen molar-refractivity contribution < 1.29 is 9.18 Å². The molecule has 5 nitrogen and oxygen atoms in total. The molecule has 0 aliphatic rings. The molecule has 0 fully saturated rings. The molecular formula is C16H19FN4O. The predicted octanol–water partition coefficient (Wildman–Crippen LogP) is 3.28. The van der Waals surface area contributed by atoms with Gasteiger partial charge in [-0.05, 0) is 18.6 Å². The van der Waals surface area contributed by atoms with Gasteiger partial charge >= 0.3 is 0 Å². The number of halogens is 1. The Hall–Kier alpha value is -2.50. The summed E-state index contributed by atoms with van der Waals surface area (Å²) in [6.45, 7) is 2.75. The highest BCUT2D eigenvalue weighted by Gasteiger charge is 2.07. The van der Waals surface area contributed by atoms with E-state index in [0.29, 0.717) is 17.8 Å². The molecule has 2 rings (SSSR count). The molecule has 0 aliphatic heterocycles. The molecule has 2 aromatic rings. The zero-order chi connectivity index (χ0) is 15.8. The van der Waals surface area contributed by atoms with Crippen LogP contribution in [0.15, 0.2) is 36.7 Å². The zero-order valence-corrected chi connectivity index (χ0v) is 12.5. The van der Waals surface area contributed by atoms with E-state index >= 15 is 0 Å². The standard InChI is InChI=1S/C16H19FN4O/c1-2-3-6-9-18-15(22)12-10-19-16(20-11-12)21-14-8-5-4-7-13(14)17/h4-5,7-8,10-11H,2-3,6,9H2,1H3,(H,18,22)(H,19,20,21). The third-order valence-electron chi connectivity index (χ3n) is 3.10. The van der Waals surface area contributed by atoms with Gasteiger partial charge in [0.05, 0.1) is 11.3 Å². The van der Waals surface area contributed by atoms with Crippen molar-refractivity contribution in [1.82, 2.24) is 15.3 Å². The summed E-state index contributed by atoms with van der Waals surface area (Å²) in [5.41, 5.74) is 0.676. The number of hydrogen-bond donors (Lipinski definition) is 2. The molecule has 0 atom stereocenters. The van der Waals surface area contributed by atoms with E-state index in [1.165, 1.54) is 18.5 Å². The Labute approximate surface area is 129 Å². The Balaban J connectivity index is 1.92. The Morgan fingerprint density at radius 3 is 2.59 bits per heavy atom. The smallest absolute Gasteiger partial charge is 0.254 e. The molecule has 6 heteroatoms. The van der Waals surface area contributed by atoms with Crippen LogP contribution in [0.2, 0.25) is 0 Å². The zero-order valence-electron chi connectivity index (χ0n) is 12.5. The molecule has 1 amide bonds. The molecule has 0 spiro atoms. The summed E-state index contributed by atoms with van der Waals surface area (Å²) < 4.78 is 13.5. The quantitative estimate of drug-likeness (QED) is 0.770. The van der Waals surface area contributed by atoms with Crippen LogP contribution in [0.3, 0.4) is 0 Å². The highest BCUT2D eigenvalue weighted by Crippen LogP contribution is 2.16. The first kappa shape index (κ1) is 15.9. The van der Waals surface area contributed by atoms with Crippen molar-refractivity contribution in [2.45, 2.75) is 26.2 Å². The van der Waals surface area contributed by atoms with Crippen LogP contribution >= 0.6 is 0 Å². The fraction of sp³-hybridized carbons (Fsp3) is 0.312. The average Bonchev–Trinajstić information content (AvgIpc) is 2.54. The topological polar surface area (TPSA) is 66.9 Å². The van der Waals surface area contributed by atoms with Gasteiger partial charge in [0.25, 0.3) is 5.91 Å². The summed E-state index contributed by atoms with van der Waals surface area (Å²) in [7, 11) is 0. The van der Waals surface area contributed by atoms with E-state index < -0.39 is 0 Å². The van der Waals surface area contributed by atoms with Gasteiger partial charge in [-0.2, -0.15) is 0 Å². The lowest BCUT2D eigenvalue weighted by atomic mass is 10.2. The number of nitrogens with one attached hydrogen (secondary N) is 2. The molecule has 0 saturated heterocycles. The van der Waals surface area contributed by atoms with Crippen LogP contribution in [0.5, 0.6) is 0 Å². The number of benzene rings is 1. The van der Waals surface area contributed by atoms with E-state index in [-0.39, 0.29) is 17.7 Å². The first-order valence-electron chi connectivity index (χ1n) is 7.32. The minimum atomic E-state index is -0.385. The molecule has 116 valence electrons. The number of carbonyl (C=O) groups is 1. The van der Waals surface area contributed by atoms with Crippen LogP contribution in [0, 0.1) is 5.82 Å². The number of hydrogen-bond acceptors (Lipinski definition) is 4. The Kier molecular flexibility index (Phi) is 5.82. The number of anilines is 2. The van der Waals surface area contributed by atoms with Crippen LogP contribution in [-0.4, -0.2) is 22.4 Å². The molecule has 0 aliphatic carbocycles. The van der Waals surface area contributed by atoms with Crippen molar-refractivity contribution in [1.29, 1.82) is 0 Å². The van der Waals surface area contributed by atoms with Crippen molar-refractivity contribution in [2.24, 2.45) is 0 Å². The molecule has 0 radical (unpaired) electrons. The van der Waals surface area contributed by atoms with E-state index in [9.17, 15) is 9.18 Å². The number of rotatable bonds is 7. The van der Waals surface area contributed by atoms with Gasteiger partial charge in [-0.3, -0.25) is 4.79 Å². The minimum Gasteiger partial charge on any atom is -0.352 e. The Morgan fingerprint density at radius 2 is 1.91 bits per heavy atom. The normalized spacial score (nSPS) is 10.3. The van der Waals surface area contributed by atoms with Crippen LogP contribution in [0.25, 0.3) is 0 Å². The van der Waals surface area contributed by atoms with Gasteiger partial charge < -0.3 is 10.6 Å². The van der Waals surface area contributed by atoms with Gasteiger partial charge in [-0.1, -0.05) is 31.9 Å². The van der Waals surface area contributed by atoms with Gasteiger partial charge in [0.1, 0.15) is 5.82 Å². The van der Waals surface area contributed by atoms with Gasteiger partial charge in [0, 0.05) is 18.9 Å². The molecule has 1 aromatic carbocycles. The number of amides is 1. The van der Waals surface area contributed by atoms with E-state index in [1.807, 2.05) is 0 Å². The third-order valence-corrected chi connectivity index (χ3v) is 3.10. The first-order valence-corrected chi connectivity index (χ1v) is 7.32. The van der Waals surface area contributed by atoms with E-state index in [1.54, 1.807) is 18.2 Å². The number of unbranched alkanes of at least 4 members (excludes halogenated alkanes) is 2.